The molecule has 0 aliphatic heterocycles. The third kappa shape index (κ3) is 5.74. The summed E-state index contributed by atoms with van der Waals surface area (Å²) in [7, 11) is 0. The second-order valence-corrected chi connectivity index (χ2v) is 20.4. The van der Waals surface area contributed by atoms with Gasteiger partial charge in [0.25, 0.3) is 0 Å². The fourth-order valence-electron chi connectivity index (χ4n) is 4.49. The summed E-state index contributed by atoms with van der Waals surface area (Å²) in [6.07, 6.45) is 3.13. The molecule has 33 heavy (non-hydrogen) atoms. The summed E-state index contributed by atoms with van der Waals surface area (Å²) >= 11 is -1.99. The Bertz CT molecular complexity index is 1170. The van der Waals surface area contributed by atoms with Crippen LogP contribution in [-0.2, 0) is 30.3 Å². The molecule has 1 heterocycles. The van der Waals surface area contributed by atoms with Crippen LogP contribution in [0, 0.1) is 6.07 Å². The zero-order valence-corrected chi connectivity index (χ0v) is 24.9. The third-order valence-corrected chi connectivity index (χ3v) is 10.0. The van der Waals surface area contributed by atoms with Crippen LogP contribution in [0.2, 0.25) is 17.3 Å². The largest absolute Gasteiger partial charge is 0 e. The summed E-state index contributed by atoms with van der Waals surface area (Å²) in [6.45, 7) is 7.59. The van der Waals surface area contributed by atoms with E-state index in [4.69, 9.17) is 10.1 Å². The van der Waals surface area contributed by atoms with Crippen molar-refractivity contribution < 1.29 is 30.0 Å². The third-order valence-electron chi connectivity index (χ3n) is 5.77. The Labute approximate surface area is 214 Å². The van der Waals surface area contributed by atoms with E-state index in [1.807, 2.05) is 18.3 Å². The first-order valence-electron chi connectivity index (χ1n) is 10.9. The van der Waals surface area contributed by atoms with Crippen molar-refractivity contribution in [1.29, 1.82) is 0 Å². The standard InChI is InChI=1S/C23H24GeN.C5H8O2.Ir/c1-23(2)18-14-15-25-22(16-10-7-6-8-11-16)20(18)17-12-9-13-19(21(17)23)24(3,4)5;1-4(6)3-5(2)7;/h6-10,12-15H,1-5H3;3,6H,1-2H3;/q-1;;/b;4-3-;. The van der Waals surface area contributed by atoms with Crippen molar-refractivity contribution in [2.45, 2.75) is 50.4 Å². The van der Waals surface area contributed by atoms with E-state index in [9.17, 15) is 4.79 Å². The molecule has 0 spiro atoms. The molecule has 2 aromatic carbocycles. The van der Waals surface area contributed by atoms with Gasteiger partial charge >= 0.3 is 153 Å². The second-order valence-electron chi connectivity index (χ2n) is 9.86. The van der Waals surface area contributed by atoms with Crippen LogP contribution in [0.15, 0.2) is 66.6 Å². The van der Waals surface area contributed by atoms with Crippen molar-refractivity contribution in [2.75, 3.05) is 0 Å². The predicted molar refractivity (Wildman–Crippen MR) is 136 cm³/mol. The Balaban J connectivity index is 0.000000423. The Hall–Kier alpha value is -2.01. The van der Waals surface area contributed by atoms with Gasteiger partial charge < -0.3 is 5.11 Å². The fraction of sp³-hybridized carbons (Fsp3) is 0.286. The number of rotatable bonds is 3. The van der Waals surface area contributed by atoms with Crippen LogP contribution in [-0.4, -0.2) is 29.1 Å². The molecule has 0 saturated heterocycles. The zero-order valence-electron chi connectivity index (χ0n) is 20.4. The molecule has 0 atom stereocenters. The number of allylic oxidation sites excluding steroid dienone is 2. The topological polar surface area (TPSA) is 50.2 Å². The van der Waals surface area contributed by atoms with Gasteiger partial charge in [-0.05, 0) is 13.8 Å². The number of nitrogens with zero attached hydrogens (tertiary/aromatic N) is 1. The Morgan fingerprint density at radius 3 is 2.27 bits per heavy atom. The van der Waals surface area contributed by atoms with Gasteiger partial charge in [0.1, 0.15) is 0 Å². The average Bonchev–Trinajstić information content (AvgIpc) is 2.95. The van der Waals surface area contributed by atoms with Gasteiger partial charge in [0.05, 0.1) is 5.76 Å². The molecule has 4 rings (SSSR count). The van der Waals surface area contributed by atoms with Crippen LogP contribution in [0.5, 0.6) is 0 Å². The van der Waals surface area contributed by atoms with E-state index in [0.29, 0.717) is 0 Å². The summed E-state index contributed by atoms with van der Waals surface area (Å²) in [6, 6.07) is 20.6. The molecule has 5 heteroatoms. The molecule has 1 aromatic heterocycles. The van der Waals surface area contributed by atoms with Crippen molar-refractivity contribution in [2.24, 2.45) is 0 Å². The van der Waals surface area contributed by atoms with E-state index >= 15 is 0 Å². The van der Waals surface area contributed by atoms with Gasteiger partial charge in [-0.15, -0.1) is 0 Å². The first-order valence-corrected chi connectivity index (χ1v) is 18.3. The summed E-state index contributed by atoms with van der Waals surface area (Å²) < 4.78 is 1.61. The molecular weight excluding hydrogens is 647 g/mol. The number of aliphatic hydroxyl groups is 1. The molecule has 0 unspecified atom stereocenters. The van der Waals surface area contributed by atoms with Gasteiger partial charge in [0.2, 0.25) is 0 Å². The molecule has 1 N–H and O–H groups in total. The number of hydrogen-bond donors (Lipinski definition) is 1. The second kappa shape index (κ2) is 10.5. The number of aromatic nitrogens is 1. The van der Waals surface area contributed by atoms with E-state index in [1.165, 1.54) is 42.2 Å². The van der Waals surface area contributed by atoms with E-state index in [2.05, 4.69) is 73.6 Å². The molecule has 1 radical (unpaired) electrons. The van der Waals surface area contributed by atoms with Gasteiger partial charge in [-0.25, -0.2) is 0 Å². The molecule has 175 valence electrons. The zero-order chi connectivity index (χ0) is 23.7. The summed E-state index contributed by atoms with van der Waals surface area (Å²) in [5.74, 6) is 7.39. The molecule has 3 aromatic rings. The number of carbonyl (C=O) groups excluding carboxylic acids is 1. The van der Waals surface area contributed by atoms with Gasteiger partial charge in [0.15, 0.2) is 5.78 Å². The van der Waals surface area contributed by atoms with Crippen LogP contribution >= 0.6 is 0 Å². The monoisotopic (exact) mass is 681 g/mol. The van der Waals surface area contributed by atoms with E-state index in [-0.39, 0.29) is 37.1 Å². The van der Waals surface area contributed by atoms with Crippen LogP contribution in [0.3, 0.4) is 0 Å². The van der Waals surface area contributed by atoms with E-state index in [0.717, 1.165) is 11.3 Å². The van der Waals surface area contributed by atoms with Gasteiger partial charge in [-0.2, -0.15) is 0 Å². The maximum atomic E-state index is 10.0. The maximum absolute atomic E-state index is 10.0. The van der Waals surface area contributed by atoms with Gasteiger partial charge in [-0.3, -0.25) is 4.79 Å². The quantitative estimate of drug-likeness (QED) is 0.150. The Morgan fingerprint density at radius 1 is 1.06 bits per heavy atom. The minimum Gasteiger partial charge on any atom is 0 e. The summed E-state index contributed by atoms with van der Waals surface area (Å²) in [4.78, 5) is 14.8. The smallest absolute Gasteiger partial charge is 0 e. The van der Waals surface area contributed by atoms with Crippen molar-refractivity contribution in [3.63, 3.8) is 0 Å². The minimum atomic E-state index is -1.99. The van der Waals surface area contributed by atoms with Gasteiger partial charge in [0, 0.05) is 26.2 Å². The first kappa shape index (κ1) is 27.2. The molecular formula is C28H32GeIrNO2-. The van der Waals surface area contributed by atoms with Crippen molar-refractivity contribution >= 4 is 23.4 Å². The van der Waals surface area contributed by atoms with Crippen molar-refractivity contribution in [1.82, 2.24) is 4.98 Å². The van der Waals surface area contributed by atoms with Gasteiger partial charge in [-0.1, -0.05) is 0 Å². The van der Waals surface area contributed by atoms with Crippen LogP contribution < -0.4 is 4.40 Å². The molecule has 0 bridgehead atoms. The maximum Gasteiger partial charge on any atom is 0 e. The van der Waals surface area contributed by atoms with Crippen LogP contribution in [0.25, 0.3) is 22.4 Å². The van der Waals surface area contributed by atoms with Crippen LogP contribution in [0.4, 0.5) is 0 Å². The normalized spacial score (nSPS) is 13.7. The molecule has 1 aliphatic rings. The SMILES string of the molecule is CC(=O)/C=C(/C)O.CC1(C)c2ccnc(-c3[c-]cccc3)c2-c2ccc[c]([Ge]([CH3])([CH3])[CH3])c21.[Ir]. The Kier molecular flexibility index (Phi) is 8.67. The fourth-order valence-corrected chi connectivity index (χ4v) is 8.25. The molecule has 0 fully saturated rings. The number of carbonyl (C=O) groups is 1. The Morgan fingerprint density at radius 2 is 1.76 bits per heavy atom. The van der Waals surface area contributed by atoms with Crippen molar-refractivity contribution in [3.05, 3.63) is 83.8 Å². The number of hydrogen-bond acceptors (Lipinski definition) is 3. The molecule has 3 nitrogen and oxygen atoms in total. The number of pyridine rings is 1. The van der Waals surface area contributed by atoms with E-state index in [1.54, 1.807) is 4.40 Å². The molecule has 0 saturated carbocycles. The predicted octanol–water partition coefficient (Wildman–Crippen LogP) is 6.43. The van der Waals surface area contributed by atoms with Crippen LogP contribution in [0.1, 0.15) is 38.8 Å². The van der Waals surface area contributed by atoms with E-state index < -0.39 is 13.3 Å². The summed E-state index contributed by atoms with van der Waals surface area (Å²) in [5.41, 5.74) is 7.75. The number of benzene rings is 2. The van der Waals surface area contributed by atoms with Crippen molar-refractivity contribution in [3.8, 4) is 22.4 Å². The molecule has 0 amide bonds. The number of ketones is 1. The minimum absolute atomic E-state index is 0. The number of fused-ring (bicyclic) bond motifs is 3. The average molecular weight is 679 g/mol. The number of aliphatic hydroxyl groups excluding tert-OH is 1. The summed E-state index contributed by atoms with van der Waals surface area (Å²) in [5, 5.41) is 8.36. The first-order chi connectivity index (χ1) is 14.9. The molecule has 1 aliphatic carbocycles.